The first kappa shape index (κ1) is 13.2. The van der Waals surface area contributed by atoms with E-state index in [4.69, 9.17) is 4.98 Å². The molecule has 4 heteroatoms. The van der Waals surface area contributed by atoms with E-state index in [1.165, 1.54) is 11.1 Å². The smallest absolute Gasteiger partial charge is 0.169 e. The number of fused-ring (bicyclic) bond motifs is 1. The molecule has 0 bridgehead atoms. The van der Waals surface area contributed by atoms with Crippen LogP contribution in [-0.4, -0.2) is 14.5 Å². The molecular weight excluding hydrogens is 266 g/mol. The molecule has 20 heavy (non-hydrogen) atoms. The number of nitrogens with zero attached hydrogens (tertiary/aromatic N) is 3. The topological polar surface area (TPSA) is 30.7 Å². The fourth-order valence-corrected chi connectivity index (χ4v) is 3.42. The number of benzene rings is 1. The summed E-state index contributed by atoms with van der Waals surface area (Å²) in [6.45, 7) is 5.31. The molecule has 0 aliphatic rings. The third kappa shape index (κ3) is 2.43. The van der Waals surface area contributed by atoms with Crippen LogP contribution in [0.1, 0.15) is 24.7 Å². The number of rotatable bonds is 4. The summed E-state index contributed by atoms with van der Waals surface area (Å²) in [5.41, 5.74) is 3.55. The molecular formula is C16H17N3S. The Morgan fingerprint density at radius 1 is 1.15 bits per heavy atom. The summed E-state index contributed by atoms with van der Waals surface area (Å²) in [5, 5.41) is 1.44. The molecule has 0 saturated carbocycles. The number of thioether (sulfide) groups is 1. The van der Waals surface area contributed by atoms with Crippen LogP contribution < -0.4 is 0 Å². The highest BCUT2D eigenvalue weighted by molar-refractivity contribution is 7.99. The fourth-order valence-electron chi connectivity index (χ4n) is 2.31. The van der Waals surface area contributed by atoms with E-state index < -0.39 is 0 Å². The van der Waals surface area contributed by atoms with Gasteiger partial charge < -0.3 is 4.57 Å². The molecule has 3 nitrogen and oxygen atoms in total. The standard InChI is InChI=1S/C16H17N3S/c1-3-19-15-7-5-4-6-14(15)18-16(19)20-12(2)13-8-10-17-11-9-13/h4-12H,3H2,1-2H3. The normalized spacial score (nSPS) is 12.7. The molecule has 3 rings (SSSR count). The minimum absolute atomic E-state index is 0.361. The Morgan fingerprint density at radius 3 is 2.65 bits per heavy atom. The number of hydrogen-bond acceptors (Lipinski definition) is 3. The molecule has 2 aromatic heterocycles. The SMILES string of the molecule is CCn1c(SC(C)c2ccncc2)nc2ccccc21. The van der Waals surface area contributed by atoms with Crippen molar-refractivity contribution in [2.75, 3.05) is 0 Å². The van der Waals surface area contributed by atoms with Gasteiger partial charge in [-0.3, -0.25) is 4.98 Å². The van der Waals surface area contributed by atoms with Crippen molar-refractivity contribution in [1.29, 1.82) is 0 Å². The number of imidazole rings is 1. The van der Waals surface area contributed by atoms with Gasteiger partial charge in [0.2, 0.25) is 0 Å². The maximum Gasteiger partial charge on any atom is 0.169 e. The highest BCUT2D eigenvalue weighted by Crippen LogP contribution is 2.35. The molecule has 0 saturated heterocycles. The van der Waals surface area contributed by atoms with Crippen molar-refractivity contribution in [3.63, 3.8) is 0 Å². The molecule has 1 unspecified atom stereocenters. The molecule has 0 amide bonds. The first-order valence-electron chi connectivity index (χ1n) is 6.81. The van der Waals surface area contributed by atoms with Gasteiger partial charge in [-0.15, -0.1) is 0 Å². The van der Waals surface area contributed by atoms with Gasteiger partial charge >= 0.3 is 0 Å². The third-order valence-electron chi connectivity index (χ3n) is 3.39. The summed E-state index contributed by atoms with van der Waals surface area (Å²) >= 11 is 1.80. The third-order valence-corrected chi connectivity index (χ3v) is 4.54. The van der Waals surface area contributed by atoms with E-state index in [0.717, 1.165) is 17.2 Å². The summed E-state index contributed by atoms with van der Waals surface area (Å²) in [6, 6.07) is 12.4. The van der Waals surface area contributed by atoms with E-state index in [2.05, 4.69) is 53.7 Å². The molecule has 0 aliphatic carbocycles. The van der Waals surface area contributed by atoms with Gasteiger partial charge in [0.05, 0.1) is 11.0 Å². The van der Waals surface area contributed by atoms with E-state index in [1.54, 1.807) is 11.8 Å². The maximum absolute atomic E-state index is 4.76. The lowest BCUT2D eigenvalue weighted by molar-refractivity contribution is 0.701. The first-order chi connectivity index (χ1) is 9.79. The van der Waals surface area contributed by atoms with Crippen LogP contribution in [0.4, 0.5) is 0 Å². The van der Waals surface area contributed by atoms with Gasteiger partial charge in [-0.05, 0) is 43.7 Å². The molecule has 0 N–H and O–H groups in total. The van der Waals surface area contributed by atoms with Gasteiger partial charge in [0.25, 0.3) is 0 Å². The van der Waals surface area contributed by atoms with Crippen LogP contribution in [0, 0.1) is 0 Å². The van der Waals surface area contributed by atoms with E-state index in [0.29, 0.717) is 5.25 Å². The Balaban J connectivity index is 1.94. The van der Waals surface area contributed by atoms with Crippen molar-refractivity contribution in [2.45, 2.75) is 30.8 Å². The lowest BCUT2D eigenvalue weighted by Gasteiger charge is -2.12. The van der Waals surface area contributed by atoms with Crippen molar-refractivity contribution < 1.29 is 0 Å². The molecule has 2 heterocycles. The fraction of sp³-hybridized carbons (Fsp3) is 0.250. The molecule has 1 atom stereocenters. The Hall–Kier alpha value is -1.81. The van der Waals surface area contributed by atoms with Crippen LogP contribution in [-0.2, 0) is 6.54 Å². The quantitative estimate of drug-likeness (QED) is 0.669. The highest BCUT2D eigenvalue weighted by Gasteiger charge is 2.14. The van der Waals surface area contributed by atoms with Crippen LogP contribution in [0.5, 0.6) is 0 Å². The van der Waals surface area contributed by atoms with Gasteiger partial charge in [-0.1, -0.05) is 23.9 Å². The highest BCUT2D eigenvalue weighted by atomic mass is 32.2. The van der Waals surface area contributed by atoms with E-state index in [1.807, 2.05) is 18.5 Å². The van der Waals surface area contributed by atoms with Crippen molar-refractivity contribution in [3.05, 3.63) is 54.4 Å². The number of hydrogen-bond donors (Lipinski definition) is 0. The molecule has 1 aromatic carbocycles. The zero-order valence-corrected chi connectivity index (χ0v) is 12.5. The largest absolute Gasteiger partial charge is 0.319 e. The van der Waals surface area contributed by atoms with Crippen LogP contribution >= 0.6 is 11.8 Å². The van der Waals surface area contributed by atoms with Crippen LogP contribution in [0.3, 0.4) is 0 Å². The van der Waals surface area contributed by atoms with Crippen molar-refractivity contribution in [1.82, 2.24) is 14.5 Å². The Morgan fingerprint density at radius 2 is 1.90 bits per heavy atom. The van der Waals surface area contributed by atoms with Gasteiger partial charge in [0, 0.05) is 24.2 Å². The lowest BCUT2D eigenvalue weighted by Crippen LogP contribution is -1.98. The van der Waals surface area contributed by atoms with Crippen molar-refractivity contribution in [3.8, 4) is 0 Å². The van der Waals surface area contributed by atoms with Gasteiger partial charge in [0.1, 0.15) is 0 Å². The van der Waals surface area contributed by atoms with E-state index in [-0.39, 0.29) is 0 Å². The van der Waals surface area contributed by atoms with E-state index >= 15 is 0 Å². The van der Waals surface area contributed by atoms with Crippen molar-refractivity contribution >= 4 is 22.8 Å². The molecule has 0 fully saturated rings. The molecule has 0 radical (unpaired) electrons. The lowest BCUT2D eigenvalue weighted by atomic mass is 10.2. The monoisotopic (exact) mass is 283 g/mol. The Labute approximate surface area is 123 Å². The second-order valence-electron chi connectivity index (χ2n) is 4.67. The van der Waals surface area contributed by atoms with Gasteiger partial charge in [-0.25, -0.2) is 4.98 Å². The number of aromatic nitrogens is 3. The molecule has 102 valence electrons. The summed E-state index contributed by atoms with van der Waals surface area (Å²) < 4.78 is 2.28. The van der Waals surface area contributed by atoms with Crippen LogP contribution in [0.15, 0.2) is 53.9 Å². The van der Waals surface area contributed by atoms with Gasteiger partial charge in [-0.2, -0.15) is 0 Å². The second-order valence-corrected chi connectivity index (χ2v) is 5.98. The Bertz CT molecular complexity index is 706. The van der Waals surface area contributed by atoms with Crippen molar-refractivity contribution in [2.24, 2.45) is 0 Å². The van der Waals surface area contributed by atoms with Crippen LogP contribution in [0.25, 0.3) is 11.0 Å². The van der Waals surface area contributed by atoms with Gasteiger partial charge in [0.15, 0.2) is 5.16 Å². The minimum Gasteiger partial charge on any atom is -0.319 e. The molecule has 3 aromatic rings. The number of pyridine rings is 1. The van der Waals surface area contributed by atoms with Crippen LogP contribution in [0.2, 0.25) is 0 Å². The zero-order valence-electron chi connectivity index (χ0n) is 11.7. The maximum atomic E-state index is 4.76. The predicted molar refractivity (Wildman–Crippen MR) is 83.9 cm³/mol. The molecule has 0 aliphatic heterocycles. The minimum atomic E-state index is 0.361. The zero-order chi connectivity index (χ0) is 13.9. The Kier molecular flexibility index (Phi) is 3.74. The predicted octanol–water partition coefficient (Wildman–Crippen LogP) is 4.30. The average molecular weight is 283 g/mol. The number of aryl methyl sites for hydroxylation is 1. The second kappa shape index (κ2) is 5.67. The average Bonchev–Trinajstić information content (AvgIpc) is 2.85. The summed E-state index contributed by atoms with van der Waals surface area (Å²) in [7, 11) is 0. The summed E-state index contributed by atoms with van der Waals surface area (Å²) in [4.78, 5) is 8.83. The number of para-hydroxylation sites is 2. The first-order valence-corrected chi connectivity index (χ1v) is 7.69. The summed E-state index contributed by atoms with van der Waals surface area (Å²) in [5.74, 6) is 0. The van der Waals surface area contributed by atoms with E-state index in [9.17, 15) is 0 Å². The summed E-state index contributed by atoms with van der Waals surface area (Å²) in [6.07, 6.45) is 3.68. The molecule has 0 spiro atoms.